The highest BCUT2D eigenvalue weighted by molar-refractivity contribution is 7.85. The minimum atomic E-state index is -4.36. The average Bonchev–Trinajstić information content (AvgIpc) is 2.64. The maximum atomic E-state index is 10.7. The van der Waals surface area contributed by atoms with Crippen molar-refractivity contribution in [2.75, 3.05) is 32.9 Å². The van der Waals surface area contributed by atoms with Crippen LogP contribution in [0.2, 0.25) is 0 Å². The molecule has 0 saturated carbocycles. The topological polar surface area (TPSA) is 77.4 Å². The molecule has 0 fully saturated rings. The van der Waals surface area contributed by atoms with Gasteiger partial charge in [-0.1, -0.05) is 104 Å². The molecule has 1 N–H and O–H groups in total. The van der Waals surface area contributed by atoms with Crippen LogP contribution in [0.5, 0.6) is 0 Å². The quantitative estimate of drug-likeness (QED) is 0.124. The van der Waals surface area contributed by atoms with E-state index in [9.17, 15) is 18.1 Å². The second-order valence-electron chi connectivity index (χ2n) is 10.5. The summed E-state index contributed by atoms with van der Waals surface area (Å²) < 4.78 is 32.8. The van der Waals surface area contributed by atoms with Crippen LogP contribution in [0.1, 0.15) is 117 Å². The third-order valence-corrected chi connectivity index (χ3v) is 7.16. The fourth-order valence-electron chi connectivity index (χ4n) is 4.45. The molecule has 31 heavy (non-hydrogen) atoms. The molecule has 0 spiro atoms. The SMILES string of the molecule is CCCCC(C)CCCCCCCCCCCCCC[N+](C)(C)CC(O)CS(=O)(=O)[O-]. The van der Waals surface area contributed by atoms with Crippen LogP contribution in [-0.4, -0.2) is 61.6 Å². The molecule has 0 radical (unpaired) electrons. The maximum Gasteiger partial charge on any atom is 0.116 e. The average molecular weight is 464 g/mol. The van der Waals surface area contributed by atoms with Crippen molar-refractivity contribution in [2.45, 2.75) is 123 Å². The molecule has 6 heteroatoms. The summed E-state index contributed by atoms with van der Waals surface area (Å²) in [7, 11) is -0.401. The molecule has 188 valence electrons. The molecule has 0 rings (SSSR count). The fourth-order valence-corrected chi connectivity index (χ4v) is 5.02. The molecule has 0 aliphatic carbocycles. The number of hydrogen-bond donors (Lipinski definition) is 1. The summed E-state index contributed by atoms with van der Waals surface area (Å²) >= 11 is 0. The Morgan fingerprint density at radius 3 is 1.65 bits per heavy atom. The van der Waals surface area contributed by atoms with Crippen molar-refractivity contribution in [3.8, 4) is 0 Å². The van der Waals surface area contributed by atoms with Gasteiger partial charge >= 0.3 is 0 Å². The Kier molecular flexibility index (Phi) is 18.2. The van der Waals surface area contributed by atoms with Crippen molar-refractivity contribution in [3.63, 3.8) is 0 Å². The first-order valence-corrected chi connectivity index (χ1v) is 14.6. The first-order chi connectivity index (χ1) is 14.6. The highest BCUT2D eigenvalue weighted by Gasteiger charge is 2.21. The Morgan fingerprint density at radius 1 is 0.774 bits per heavy atom. The molecule has 0 saturated heterocycles. The van der Waals surface area contributed by atoms with Crippen molar-refractivity contribution in [1.82, 2.24) is 0 Å². The molecular weight excluding hydrogens is 410 g/mol. The van der Waals surface area contributed by atoms with Gasteiger partial charge in [0, 0.05) is 0 Å². The Hall–Kier alpha value is -0.170. The summed E-state index contributed by atoms with van der Waals surface area (Å²) in [6.45, 7) is 5.89. The third kappa shape index (κ3) is 22.8. The minimum absolute atomic E-state index is 0.305. The number of aliphatic hydroxyl groups excluding tert-OH is 1. The van der Waals surface area contributed by atoms with Crippen LogP contribution in [0.25, 0.3) is 0 Å². The van der Waals surface area contributed by atoms with Gasteiger partial charge in [-0.3, -0.25) is 0 Å². The van der Waals surface area contributed by atoms with Crippen molar-refractivity contribution in [2.24, 2.45) is 5.92 Å². The van der Waals surface area contributed by atoms with Crippen LogP contribution in [0.15, 0.2) is 0 Å². The van der Waals surface area contributed by atoms with Crippen LogP contribution in [0.4, 0.5) is 0 Å². The maximum absolute atomic E-state index is 10.7. The first kappa shape index (κ1) is 30.8. The van der Waals surface area contributed by atoms with Gasteiger partial charge in [0.15, 0.2) is 0 Å². The van der Waals surface area contributed by atoms with Crippen LogP contribution in [-0.2, 0) is 10.1 Å². The van der Waals surface area contributed by atoms with Crippen molar-refractivity contribution < 1.29 is 22.6 Å². The minimum Gasteiger partial charge on any atom is -0.748 e. The summed E-state index contributed by atoms with van der Waals surface area (Å²) in [4.78, 5) is 0. The zero-order valence-electron chi connectivity index (χ0n) is 21.1. The van der Waals surface area contributed by atoms with Crippen LogP contribution in [0, 0.1) is 5.92 Å². The molecule has 0 aliphatic rings. The second kappa shape index (κ2) is 18.3. The Balaban J connectivity index is 3.44. The normalized spacial score (nSPS) is 14.6. The van der Waals surface area contributed by atoms with Crippen molar-refractivity contribution in [3.05, 3.63) is 0 Å². The molecule has 0 heterocycles. The zero-order chi connectivity index (χ0) is 23.6. The lowest BCUT2D eigenvalue weighted by Crippen LogP contribution is -2.47. The van der Waals surface area contributed by atoms with Crippen LogP contribution < -0.4 is 0 Å². The molecule has 2 atom stereocenters. The van der Waals surface area contributed by atoms with Gasteiger partial charge in [-0.2, -0.15) is 0 Å². The van der Waals surface area contributed by atoms with Crippen molar-refractivity contribution >= 4 is 10.1 Å². The van der Waals surface area contributed by atoms with Gasteiger partial charge in [0.2, 0.25) is 0 Å². The summed E-state index contributed by atoms with van der Waals surface area (Å²) in [6.07, 6.45) is 20.3. The van der Waals surface area contributed by atoms with E-state index < -0.39 is 22.0 Å². The van der Waals surface area contributed by atoms with E-state index in [1.807, 2.05) is 14.1 Å². The molecule has 5 nitrogen and oxygen atoms in total. The smallest absolute Gasteiger partial charge is 0.116 e. The van der Waals surface area contributed by atoms with Gasteiger partial charge in [-0.05, 0) is 18.8 Å². The van der Waals surface area contributed by atoms with E-state index in [0.717, 1.165) is 18.9 Å². The van der Waals surface area contributed by atoms with E-state index in [1.165, 1.54) is 96.3 Å². The number of aliphatic hydroxyl groups is 1. The van der Waals surface area contributed by atoms with Crippen molar-refractivity contribution in [1.29, 1.82) is 0 Å². The van der Waals surface area contributed by atoms with E-state index in [4.69, 9.17) is 0 Å². The second-order valence-corrected chi connectivity index (χ2v) is 11.9. The highest BCUT2D eigenvalue weighted by Crippen LogP contribution is 2.17. The lowest BCUT2D eigenvalue weighted by molar-refractivity contribution is -0.893. The van der Waals surface area contributed by atoms with E-state index >= 15 is 0 Å². The number of unbranched alkanes of at least 4 members (excludes halogenated alkanes) is 12. The summed E-state index contributed by atoms with van der Waals surface area (Å²) in [5, 5.41) is 9.78. The number of hydrogen-bond acceptors (Lipinski definition) is 4. The predicted octanol–water partition coefficient (Wildman–Crippen LogP) is 5.87. The molecular formula is C25H53NO4S. The summed E-state index contributed by atoms with van der Waals surface area (Å²) in [5.41, 5.74) is 0. The summed E-state index contributed by atoms with van der Waals surface area (Å²) in [5.74, 6) is 0.228. The standard InChI is InChI=1S/C25H53NO4S/c1-5-6-19-24(2)20-17-15-13-11-9-7-8-10-12-14-16-18-21-26(3,4)22-25(27)23-31(28,29)30/h24-25,27H,5-23H2,1-4H3. The molecule has 0 aromatic carbocycles. The van der Waals surface area contributed by atoms with E-state index in [-0.39, 0.29) is 0 Å². The molecule has 0 aromatic rings. The van der Waals surface area contributed by atoms with Gasteiger partial charge in [0.05, 0.1) is 36.5 Å². The van der Waals surface area contributed by atoms with E-state index in [0.29, 0.717) is 11.0 Å². The number of likely N-dealkylation sites (N-methyl/N-ethyl adjacent to an activating group) is 1. The van der Waals surface area contributed by atoms with E-state index in [1.54, 1.807) is 0 Å². The van der Waals surface area contributed by atoms with Gasteiger partial charge in [-0.25, -0.2) is 8.42 Å². The molecule has 0 aliphatic heterocycles. The van der Waals surface area contributed by atoms with Gasteiger partial charge in [-0.15, -0.1) is 0 Å². The Morgan fingerprint density at radius 2 is 1.19 bits per heavy atom. The fraction of sp³-hybridized carbons (Fsp3) is 1.00. The van der Waals surface area contributed by atoms with Crippen LogP contribution >= 0.6 is 0 Å². The van der Waals surface area contributed by atoms with Gasteiger partial charge in [0.25, 0.3) is 0 Å². The molecule has 0 bridgehead atoms. The predicted molar refractivity (Wildman–Crippen MR) is 131 cm³/mol. The van der Waals surface area contributed by atoms with Gasteiger partial charge in [0.1, 0.15) is 12.6 Å². The first-order valence-electron chi connectivity index (χ1n) is 13.0. The molecule has 2 unspecified atom stereocenters. The van der Waals surface area contributed by atoms with E-state index in [2.05, 4.69) is 13.8 Å². The third-order valence-electron chi connectivity index (χ3n) is 6.36. The Bertz CT molecular complexity index is 508. The largest absolute Gasteiger partial charge is 0.748 e. The van der Waals surface area contributed by atoms with Crippen LogP contribution in [0.3, 0.4) is 0 Å². The number of rotatable bonds is 22. The number of nitrogens with zero attached hydrogens (tertiary/aromatic N) is 1. The summed E-state index contributed by atoms with van der Waals surface area (Å²) in [6, 6.07) is 0. The molecule has 0 amide bonds. The lowest BCUT2D eigenvalue weighted by atomic mass is 9.97. The lowest BCUT2D eigenvalue weighted by Gasteiger charge is -2.32. The Labute approximate surface area is 194 Å². The van der Waals surface area contributed by atoms with Gasteiger partial charge < -0.3 is 14.1 Å². The monoisotopic (exact) mass is 463 g/mol. The zero-order valence-corrected chi connectivity index (χ0v) is 21.9. The molecule has 0 aromatic heterocycles. The highest BCUT2D eigenvalue weighted by atomic mass is 32.2. The number of quaternary nitrogens is 1.